The summed E-state index contributed by atoms with van der Waals surface area (Å²) >= 11 is 8.78. The van der Waals surface area contributed by atoms with Gasteiger partial charge in [0.15, 0.2) is 0 Å². The van der Waals surface area contributed by atoms with Crippen LogP contribution in [0, 0.1) is 5.82 Å². The van der Waals surface area contributed by atoms with Crippen molar-refractivity contribution in [3.63, 3.8) is 0 Å². The second-order valence-corrected chi connectivity index (χ2v) is 3.39. The lowest BCUT2D eigenvalue weighted by Gasteiger charge is -2.08. The topological polar surface area (TPSA) is 20.2 Å². The molecule has 0 heterocycles. The Bertz CT molecular complexity index is 280. The molecule has 0 amide bonds. The van der Waals surface area contributed by atoms with E-state index in [1.807, 2.05) is 0 Å². The van der Waals surface area contributed by atoms with Crippen LogP contribution in [0.5, 0.6) is 0 Å². The molecule has 4 heteroatoms. The van der Waals surface area contributed by atoms with E-state index in [1.54, 1.807) is 0 Å². The summed E-state index contributed by atoms with van der Waals surface area (Å²) in [5.74, 6) is -0.398. The van der Waals surface area contributed by atoms with E-state index in [0.29, 0.717) is 10.9 Å². The van der Waals surface area contributed by atoms with Crippen molar-refractivity contribution < 1.29 is 9.50 Å². The first kappa shape index (κ1) is 9.96. The Morgan fingerprint density at radius 3 is 2.75 bits per heavy atom. The van der Waals surface area contributed by atoms with Gasteiger partial charge < -0.3 is 5.11 Å². The molecule has 0 radical (unpaired) electrons. The van der Waals surface area contributed by atoms with Crippen LogP contribution in [-0.2, 0) is 0 Å². The Hall–Kier alpha value is -0.120. The third-order valence-electron chi connectivity index (χ3n) is 1.47. The van der Waals surface area contributed by atoms with E-state index >= 15 is 0 Å². The SMILES string of the molecule is O[C@H](CBr)c1ccc(F)cc1Cl. The molecule has 1 atom stereocenters. The van der Waals surface area contributed by atoms with Crippen LogP contribution in [0.1, 0.15) is 11.7 Å². The van der Waals surface area contributed by atoms with Gasteiger partial charge in [-0.25, -0.2) is 4.39 Å². The lowest BCUT2D eigenvalue weighted by atomic mass is 10.1. The van der Waals surface area contributed by atoms with Gasteiger partial charge in [-0.3, -0.25) is 0 Å². The highest BCUT2D eigenvalue weighted by Gasteiger charge is 2.09. The second-order valence-electron chi connectivity index (χ2n) is 2.34. The summed E-state index contributed by atoms with van der Waals surface area (Å²) in [5.41, 5.74) is 0.537. The summed E-state index contributed by atoms with van der Waals surface area (Å²) in [4.78, 5) is 0. The molecule has 12 heavy (non-hydrogen) atoms. The lowest BCUT2D eigenvalue weighted by Crippen LogP contribution is -1.99. The number of halogens is 3. The van der Waals surface area contributed by atoms with Crippen LogP contribution < -0.4 is 0 Å². The zero-order valence-electron chi connectivity index (χ0n) is 6.10. The minimum Gasteiger partial charge on any atom is -0.387 e. The monoisotopic (exact) mass is 252 g/mol. The lowest BCUT2D eigenvalue weighted by molar-refractivity contribution is 0.205. The normalized spacial score (nSPS) is 13.0. The number of rotatable bonds is 2. The van der Waals surface area contributed by atoms with Gasteiger partial charge in [-0.05, 0) is 12.1 Å². The molecule has 0 aliphatic heterocycles. The number of alkyl halides is 1. The maximum absolute atomic E-state index is 12.5. The van der Waals surface area contributed by atoms with Crippen LogP contribution in [0.2, 0.25) is 5.02 Å². The minimum absolute atomic E-state index is 0.252. The highest BCUT2D eigenvalue weighted by molar-refractivity contribution is 9.09. The molecule has 0 unspecified atom stereocenters. The Kier molecular flexibility index (Phi) is 3.50. The maximum Gasteiger partial charge on any atom is 0.124 e. The van der Waals surface area contributed by atoms with E-state index in [2.05, 4.69) is 15.9 Å². The second kappa shape index (κ2) is 4.21. The average molecular weight is 253 g/mol. The first-order valence-electron chi connectivity index (χ1n) is 3.34. The molecule has 0 saturated heterocycles. The van der Waals surface area contributed by atoms with E-state index in [1.165, 1.54) is 18.2 Å². The van der Waals surface area contributed by atoms with Gasteiger partial charge >= 0.3 is 0 Å². The molecule has 1 aromatic carbocycles. The number of hydrogen-bond acceptors (Lipinski definition) is 1. The smallest absolute Gasteiger partial charge is 0.124 e. The fourth-order valence-electron chi connectivity index (χ4n) is 0.855. The number of hydrogen-bond donors (Lipinski definition) is 1. The van der Waals surface area contributed by atoms with Gasteiger partial charge in [-0.15, -0.1) is 0 Å². The summed E-state index contributed by atoms with van der Waals surface area (Å²) in [7, 11) is 0. The third kappa shape index (κ3) is 2.19. The highest BCUT2D eigenvalue weighted by atomic mass is 79.9. The molecule has 0 spiro atoms. The first-order valence-corrected chi connectivity index (χ1v) is 4.84. The molecule has 0 aromatic heterocycles. The summed E-state index contributed by atoms with van der Waals surface area (Å²) in [6.07, 6.45) is -0.682. The van der Waals surface area contributed by atoms with Gasteiger partial charge in [0.1, 0.15) is 5.82 Å². The predicted octanol–water partition coefficient (Wildman–Crippen LogP) is 2.91. The van der Waals surface area contributed by atoms with Crippen molar-refractivity contribution in [1.82, 2.24) is 0 Å². The van der Waals surface area contributed by atoms with Crippen molar-refractivity contribution in [3.05, 3.63) is 34.6 Å². The highest BCUT2D eigenvalue weighted by Crippen LogP contribution is 2.24. The fraction of sp³-hybridized carbons (Fsp3) is 0.250. The van der Waals surface area contributed by atoms with Crippen molar-refractivity contribution in [1.29, 1.82) is 0 Å². The van der Waals surface area contributed by atoms with Crippen molar-refractivity contribution in [2.24, 2.45) is 0 Å². The van der Waals surface area contributed by atoms with Crippen LogP contribution in [0.3, 0.4) is 0 Å². The molecular weight excluding hydrogens is 246 g/mol. The summed E-state index contributed by atoms with van der Waals surface area (Å²) in [5, 5.41) is 9.99. The Balaban J connectivity index is 3.01. The van der Waals surface area contributed by atoms with Gasteiger partial charge in [0.25, 0.3) is 0 Å². The molecular formula is C8H7BrClFO. The summed E-state index contributed by atoms with van der Waals surface area (Å²) in [6, 6.07) is 3.93. The van der Waals surface area contributed by atoms with Gasteiger partial charge in [0, 0.05) is 15.9 Å². The van der Waals surface area contributed by atoms with Gasteiger partial charge in [0.2, 0.25) is 0 Å². The van der Waals surface area contributed by atoms with Crippen molar-refractivity contribution in [2.45, 2.75) is 6.10 Å². The number of benzene rings is 1. The van der Waals surface area contributed by atoms with E-state index < -0.39 is 11.9 Å². The van der Waals surface area contributed by atoms with Gasteiger partial charge in [-0.1, -0.05) is 33.6 Å². The van der Waals surface area contributed by atoms with Crippen LogP contribution in [0.15, 0.2) is 18.2 Å². The molecule has 0 saturated carbocycles. The fourth-order valence-corrected chi connectivity index (χ4v) is 1.50. The first-order chi connectivity index (χ1) is 5.65. The van der Waals surface area contributed by atoms with E-state index in [0.717, 1.165) is 0 Å². The molecule has 1 N–H and O–H groups in total. The molecule has 1 rings (SSSR count). The number of aliphatic hydroxyl groups excluding tert-OH is 1. The van der Waals surface area contributed by atoms with E-state index in [9.17, 15) is 9.50 Å². The standard InChI is InChI=1S/C8H7BrClFO/c9-4-8(12)6-2-1-5(11)3-7(6)10/h1-3,8,12H,4H2/t8-/m1/s1. The van der Waals surface area contributed by atoms with Crippen molar-refractivity contribution >= 4 is 27.5 Å². The molecule has 1 aromatic rings. The molecule has 0 bridgehead atoms. The largest absolute Gasteiger partial charge is 0.387 e. The third-order valence-corrected chi connectivity index (χ3v) is 2.41. The zero-order chi connectivity index (χ0) is 9.14. The molecule has 1 nitrogen and oxygen atoms in total. The van der Waals surface area contributed by atoms with E-state index in [-0.39, 0.29) is 5.02 Å². The molecule has 0 fully saturated rings. The zero-order valence-corrected chi connectivity index (χ0v) is 8.44. The van der Waals surface area contributed by atoms with Crippen LogP contribution in [-0.4, -0.2) is 10.4 Å². The Labute approximate surface area is 83.3 Å². The van der Waals surface area contributed by atoms with Gasteiger partial charge in [-0.2, -0.15) is 0 Å². The summed E-state index contributed by atoms with van der Waals surface area (Å²) in [6.45, 7) is 0. The van der Waals surface area contributed by atoms with Crippen molar-refractivity contribution in [2.75, 3.05) is 5.33 Å². The Morgan fingerprint density at radius 2 is 2.25 bits per heavy atom. The predicted molar refractivity (Wildman–Crippen MR) is 50.2 cm³/mol. The minimum atomic E-state index is -0.682. The molecule has 66 valence electrons. The van der Waals surface area contributed by atoms with Crippen molar-refractivity contribution in [3.8, 4) is 0 Å². The Morgan fingerprint density at radius 1 is 1.58 bits per heavy atom. The van der Waals surface area contributed by atoms with Crippen LogP contribution >= 0.6 is 27.5 Å². The maximum atomic E-state index is 12.5. The molecule has 0 aliphatic rings. The quantitative estimate of drug-likeness (QED) is 0.804. The number of aliphatic hydroxyl groups is 1. The van der Waals surface area contributed by atoms with Crippen LogP contribution in [0.4, 0.5) is 4.39 Å². The molecule has 0 aliphatic carbocycles. The van der Waals surface area contributed by atoms with E-state index in [4.69, 9.17) is 11.6 Å². The average Bonchev–Trinajstić information content (AvgIpc) is 2.03. The van der Waals surface area contributed by atoms with Crippen LogP contribution in [0.25, 0.3) is 0 Å². The summed E-state index contributed by atoms with van der Waals surface area (Å²) < 4.78 is 12.5. The van der Waals surface area contributed by atoms with Gasteiger partial charge in [0.05, 0.1) is 6.10 Å².